The number of hydrogen-bond acceptors (Lipinski definition) is 5. The second kappa shape index (κ2) is 13.0. The third-order valence-electron chi connectivity index (χ3n) is 5.13. The first-order chi connectivity index (χ1) is 17.5. The van der Waals surface area contributed by atoms with Gasteiger partial charge in [-0.25, -0.2) is 0 Å². The summed E-state index contributed by atoms with van der Waals surface area (Å²) in [7, 11) is 1.54. The van der Waals surface area contributed by atoms with Gasteiger partial charge in [0.2, 0.25) is 0 Å². The Morgan fingerprint density at radius 3 is 2.44 bits per heavy atom. The molecule has 0 aromatic heterocycles. The Morgan fingerprint density at radius 2 is 1.83 bits per heavy atom. The van der Waals surface area contributed by atoms with Gasteiger partial charge >= 0.3 is 0 Å². The van der Waals surface area contributed by atoms with Gasteiger partial charge in [0.05, 0.1) is 13.7 Å². The molecule has 0 saturated carbocycles. The number of halogens is 1. The molecule has 36 heavy (non-hydrogen) atoms. The molecule has 0 saturated heterocycles. The molecule has 6 nitrogen and oxygen atoms in total. The second-order valence-electron chi connectivity index (χ2n) is 7.70. The maximum atomic E-state index is 12.8. The molecule has 1 N–H and O–H groups in total. The summed E-state index contributed by atoms with van der Waals surface area (Å²) in [4.78, 5) is 12.8. The van der Waals surface area contributed by atoms with E-state index in [1.165, 1.54) is 6.08 Å². The summed E-state index contributed by atoms with van der Waals surface area (Å²) in [5.74, 6) is 1.24. The summed E-state index contributed by atoms with van der Waals surface area (Å²) in [5, 5.41) is 13.0. The molecule has 3 aromatic rings. The van der Waals surface area contributed by atoms with Crippen LogP contribution in [0.2, 0.25) is 5.02 Å². The number of nitrogens with zero attached hydrogens (tertiary/aromatic N) is 1. The average molecular weight is 503 g/mol. The smallest absolute Gasteiger partial charge is 0.266 e. The van der Waals surface area contributed by atoms with Crippen molar-refractivity contribution >= 4 is 29.3 Å². The van der Waals surface area contributed by atoms with Crippen LogP contribution < -0.4 is 19.5 Å². The Hall–Kier alpha value is -4.21. The molecular weight excluding hydrogens is 476 g/mol. The third kappa shape index (κ3) is 7.14. The lowest BCUT2D eigenvalue weighted by atomic mass is 10.0. The molecule has 0 bridgehead atoms. The minimum absolute atomic E-state index is 0.0506. The van der Waals surface area contributed by atoms with Crippen molar-refractivity contribution in [2.45, 2.75) is 20.0 Å². The van der Waals surface area contributed by atoms with Crippen molar-refractivity contribution in [3.05, 3.63) is 101 Å². The van der Waals surface area contributed by atoms with Crippen LogP contribution >= 0.6 is 11.6 Å². The van der Waals surface area contributed by atoms with Gasteiger partial charge in [-0.1, -0.05) is 29.8 Å². The number of allylic oxidation sites excluding steroid dienone is 1. The van der Waals surface area contributed by atoms with Gasteiger partial charge in [0, 0.05) is 16.3 Å². The van der Waals surface area contributed by atoms with E-state index in [-0.39, 0.29) is 5.57 Å². The summed E-state index contributed by atoms with van der Waals surface area (Å²) in [5.41, 5.74) is 2.90. The lowest BCUT2D eigenvalue weighted by Crippen LogP contribution is -2.13. The summed E-state index contributed by atoms with van der Waals surface area (Å²) < 4.78 is 17.1. The zero-order valence-electron chi connectivity index (χ0n) is 20.2. The molecule has 3 aromatic carbocycles. The van der Waals surface area contributed by atoms with Crippen LogP contribution in [0, 0.1) is 11.3 Å². The quantitative estimate of drug-likeness (QED) is 0.181. The number of carbonyl (C=O) groups excluding carboxylic acids is 1. The summed E-state index contributed by atoms with van der Waals surface area (Å²) in [6.45, 7) is 6.60. The number of carbonyl (C=O) groups is 1. The topological polar surface area (TPSA) is 80.6 Å². The lowest BCUT2D eigenvalue weighted by molar-refractivity contribution is -0.112. The van der Waals surface area contributed by atoms with E-state index < -0.39 is 5.91 Å². The van der Waals surface area contributed by atoms with Gasteiger partial charge in [0.25, 0.3) is 5.91 Å². The fourth-order valence-corrected chi connectivity index (χ4v) is 3.57. The highest BCUT2D eigenvalue weighted by Crippen LogP contribution is 2.35. The number of rotatable bonds is 11. The molecule has 0 aliphatic rings. The molecule has 0 aliphatic carbocycles. The van der Waals surface area contributed by atoms with E-state index in [0.29, 0.717) is 53.2 Å². The van der Waals surface area contributed by atoms with Gasteiger partial charge in [-0.15, -0.1) is 6.58 Å². The number of ether oxygens (including phenoxy) is 3. The Morgan fingerprint density at radius 1 is 1.11 bits per heavy atom. The van der Waals surface area contributed by atoms with Crippen LogP contribution in [0.15, 0.2) is 78.9 Å². The lowest BCUT2D eigenvalue weighted by Gasteiger charge is -2.16. The van der Waals surface area contributed by atoms with E-state index in [0.717, 1.165) is 11.1 Å². The highest BCUT2D eigenvalue weighted by molar-refractivity contribution is 6.30. The number of anilines is 1. The van der Waals surface area contributed by atoms with Gasteiger partial charge in [0.1, 0.15) is 24.0 Å². The molecule has 0 fully saturated rings. The van der Waals surface area contributed by atoms with Gasteiger partial charge in [0.15, 0.2) is 11.5 Å². The molecule has 0 radical (unpaired) electrons. The first-order valence-corrected chi connectivity index (χ1v) is 11.7. The predicted molar refractivity (Wildman–Crippen MR) is 143 cm³/mol. The van der Waals surface area contributed by atoms with Crippen molar-refractivity contribution in [1.29, 1.82) is 5.26 Å². The number of methoxy groups -OCH3 is 1. The van der Waals surface area contributed by atoms with Crippen molar-refractivity contribution in [2.75, 3.05) is 19.0 Å². The van der Waals surface area contributed by atoms with E-state index >= 15 is 0 Å². The van der Waals surface area contributed by atoms with Crippen LogP contribution in [0.25, 0.3) is 6.08 Å². The number of nitriles is 1. The minimum atomic E-state index is -0.519. The SMILES string of the molecule is C=CCc1cc(/C=C(/C#N)C(=O)Nc2ccc(OCC)cc2)cc(OC)c1OCc1ccc(Cl)cc1. The molecule has 1 amide bonds. The number of nitrogens with one attached hydrogen (secondary N) is 1. The van der Waals surface area contributed by atoms with Gasteiger partial charge in [-0.2, -0.15) is 5.26 Å². The van der Waals surface area contributed by atoms with Gasteiger partial charge in [-0.3, -0.25) is 4.79 Å². The summed E-state index contributed by atoms with van der Waals surface area (Å²) >= 11 is 5.97. The average Bonchev–Trinajstić information content (AvgIpc) is 2.88. The van der Waals surface area contributed by atoms with Crippen LogP contribution in [-0.4, -0.2) is 19.6 Å². The number of hydrogen-bond donors (Lipinski definition) is 1. The van der Waals surface area contributed by atoms with Gasteiger partial charge < -0.3 is 19.5 Å². The number of benzene rings is 3. The van der Waals surface area contributed by atoms with Crippen LogP contribution in [0.4, 0.5) is 5.69 Å². The monoisotopic (exact) mass is 502 g/mol. The van der Waals surface area contributed by atoms with E-state index in [4.69, 9.17) is 25.8 Å². The zero-order valence-corrected chi connectivity index (χ0v) is 21.0. The molecule has 7 heteroatoms. The van der Waals surface area contributed by atoms with Gasteiger partial charge in [-0.05, 0) is 79.1 Å². The zero-order chi connectivity index (χ0) is 25.9. The summed E-state index contributed by atoms with van der Waals surface area (Å²) in [6.07, 6.45) is 3.78. The highest BCUT2D eigenvalue weighted by atomic mass is 35.5. The van der Waals surface area contributed by atoms with Crippen molar-refractivity contribution in [3.63, 3.8) is 0 Å². The molecule has 0 unspecified atom stereocenters. The van der Waals surface area contributed by atoms with Crippen molar-refractivity contribution < 1.29 is 19.0 Å². The highest BCUT2D eigenvalue weighted by Gasteiger charge is 2.15. The van der Waals surface area contributed by atoms with Crippen LogP contribution in [0.5, 0.6) is 17.2 Å². The predicted octanol–water partition coefficient (Wildman–Crippen LogP) is 6.60. The van der Waals surface area contributed by atoms with E-state index in [1.807, 2.05) is 31.2 Å². The molecular formula is C29H27ClN2O4. The van der Waals surface area contributed by atoms with E-state index in [9.17, 15) is 10.1 Å². The van der Waals surface area contributed by atoms with E-state index in [1.54, 1.807) is 55.7 Å². The molecule has 0 spiro atoms. The van der Waals surface area contributed by atoms with Crippen molar-refractivity contribution in [2.24, 2.45) is 0 Å². The maximum absolute atomic E-state index is 12.8. The fraction of sp³-hybridized carbons (Fsp3) is 0.172. The molecule has 0 aliphatic heterocycles. The molecule has 0 heterocycles. The number of amides is 1. The Balaban J connectivity index is 1.84. The van der Waals surface area contributed by atoms with Crippen LogP contribution in [0.3, 0.4) is 0 Å². The Kier molecular flexibility index (Phi) is 9.56. The molecule has 3 rings (SSSR count). The van der Waals surface area contributed by atoms with Crippen molar-refractivity contribution in [3.8, 4) is 23.3 Å². The first-order valence-electron chi connectivity index (χ1n) is 11.3. The molecule has 184 valence electrons. The van der Waals surface area contributed by atoms with Crippen molar-refractivity contribution in [1.82, 2.24) is 0 Å². The second-order valence-corrected chi connectivity index (χ2v) is 8.14. The Labute approximate surface area is 216 Å². The molecule has 0 atom stereocenters. The first kappa shape index (κ1) is 26.4. The van der Waals surface area contributed by atoms with Crippen LogP contribution in [0.1, 0.15) is 23.6 Å². The van der Waals surface area contributed by atoms with E-state index in [2.05, 4.69) is 11.9 Å². The maximum Gasteiger partial charge on any atom is 0.266 e. The van der Waals surface area contributed by atoms with Crippen LogP contribution in [-0.2, 0) is 17.8 Å². The largest absolute Gasteiger partial charge is 0.494 e. The fourth-order valence-electron chi connectivity index (χ4n) is 3.44. The minimum Gasteiger partial charge on any atom is -0.494 e. The third-order valence-corrected chi connectivity index (χ3v) is 5.39. The Bertz CT molecular complexity index is 1280. The summed E-state index contributed by atoms with van der Waals surface area (Å²) in [6, 6.07) is 19.9. The standard InChI is InChI=1S/C29H27ClN2O4/c1-4-6-22-15-21(17-27(34-3)28(22)36-19-20-7-9-24(30)10-8-20)16-23(18-31)29(33)32-25-11-13-26(14-12-25)35-5-2/h4,7-17H,1,5-6,19H2,2-3H3,(H,32,33)/b23-16-. The normalized spacial score (nSPS) is 10.8.